The summed E-state index contributed by atoms with van der Waals surface area (Å²) in [6.07, 6.45) is 2.71. The van der Waals surface area contributed by atoms with Crippen LogP contribution < -0.4 is 5.32 Å². The van der Waals surface area contributed by atoms with E-state index in [4.69, 9.17) is 0 Å². The molecule has 3 nitrogen and oxygen atoms in total. The third-order valence-electron chi connectivity index (χ3n) is 2.83. The summed E-state index contributed by atoms with van der Waals surface area (Å²) in [5.41, 5.74) is 0. The van der Waals surface area contributed by atoms with Gasteiger partial charge in [-0.25, -0.2) is 0 Å². The smallest absolute Gasteiger partial charge is 0.0195 e. The first-order valence-electron chi connectivity index (χ1n) is 5.60. The van der Waals surface area contributed by atoms with Gasteiger partial charge in [-0.1, -0.05) is 0 Å². The Balaban J connectivity index is 2.17. The lowest BCUT2D eigenvalue weighted by atomic mass is 9.94. The van der Waals surface area contributed by atoms with Gasteiger partial charge >= 0.3 is 0 Å². The first-order chi connectivity index (χ1) is 6.58. The summed E-state index contributed by atoms with van der Waals surface area (Å²) in [5.74, 6) is 0.850. The number of nitrogens with zero attached hydrogens (tertiary/aromatic N) is 2. The second kappa shape index (κ2) is 5.69. The van der Waals surface area contributed by atoms with Gasteiger partial charge in [0.15, 0.2) is 0 Å². The van der Waals surface area contributed by atoms with Crippen LogP contribution in [0.15, 0.2) is 0 Å². The van der Waals surface area contributed by atoms with Gasteiger partial charge in [0, 0.05) is 19.1 Å². The molecule has 0 aromatic carbocycles. The van der Waals surface area contributed by atoms with E-state index in [1.165, 1.54) is 32.5 Å². The number of hydrogen-bond acceptors (Lipinski definition) is 3. The van der Waals surface area contributed by atoms with Crippen molar-refractivity contribution in [3.63, 3.8) is 0 Å². The molecule has 0 aromatic rings. The zero-order valence-corrected chi connectivity index (χ0v) is 10.1. The van der Waals surface area contributed by atoms with Crippen molar-refractivity contribution in [1.29, 1.82) is 0 Å². The van der Waals surface area contributed by atoms with Crippen molar-refractivity contribution in [3.8, 4) is 0 Å². The lowest BCUT2D eigenvalue weighted by molar-refractivity contribution is 0.222. The van der Waals surface area contributed by atoms with Crippen LogP contribution in [0.25, 0.3) is 0 Å². The summed E-state index contributed by atoms with van der Waals surface area (Å²) in [7, 11) is 8.61. The maximum Gasteiger partial charge on any atom is 0.0195 e. The summed E-state index contributed by atoms with van der Waals surface area (Å²) in [4.78, 5) is 4.56. The molecule has 0 amide bonds. The van der Waals surface area contributed by atoms with E-state index in [1.807, 2.05) is 0 Å². The molecular weight excluding hydrogens is 174 g/mol. The van der Waals surface area contributed by atoms with Crippen LogP contribution in [0, 0.1) is 5.92 Å². The van der Waals surface area contributed by atoms with Gasteiger partial charge in [0.05, 0.1) is 0 Å². The molecule has 1 aliphatic rings. The fourth-order valence-corrected chi connectivity index (χ4v) is 2.24. The number of rotatable bonds is 4. The van der Waals surface area contributed by atoms with Crippen molar-refractivity contribution in [2.24, 2.45) is 5.92 Å². The van der Waals surface area contributed by atoms with Crippen molar-refractivity contribution in [1.82, 2.24) is 15.1 Å². The SMILES string of the molecule is CN(C)CC1CCC(CN(C)C)NC1. The van der Waals surface area contributed by atoms with Crippen LogP contribution in [0.2, 0.25) is 0 Å². The molecule has 2 atom stereocenters. The standard InChI is InChI=1S/C11H25N3/c1-13(2)8-10-5-6-11(12-7-10)9-14(3)4/h10-12H,5-9H2,1-4H3. The second-order valence-electron chi connectivity index (χ2n) is 5.07. The molecule has 0 spiro atoms. The number of piperidine rings is 1. The zero-order chi connectivity index (χ0) is 10.6. The molecule has 0 aliphatic carbocycles. The Bertz CT molecular complexity index is 131. The highest BCUT2D eigenvalue weighted by Crippen LogP contribution is 2.15. The Morgan fingerprint density at radius 1 is 1.00 bits per heavy atom. The maximum absolute atomic E-state index is 3.64. The molecule has 3 heteroatoms. The molecule has 14 heavy (non-hydrogen) atoms. The fourth-order valence-electron chi connectivity index (χ4n) is 2.24. The summed E-state index contributed by atoms with van der Waals surface area (Å²) < 4.78 is 0. The summed E-state index contributed by atoms with van der Waals surface area (Å²) in [6.45, 7) is 3.59. The van der Waals surface area contributed by atoms with Gasteiger partial charge in [0.1, 0.15) is 0 Å². The largest absolute Gasteiger partial charge is 0.312 e. The zero-order valence-electron chi connectivity index (χ0n) is 10.1. The van der Waals surface area contributed by atoms with Crippen LogP contribution in [0.3, 0.4) is 0 Å². The Morgan fingerprint density at radius 2 is 1.64 bits per heavy atom. The number of hydrogen-bond donors (Lipinski definition) is 1. The molecule has 1 fully saturated rings. The van der Waals surface area contributed by atoms with E-state index in [-0.39, 0.29) is 0 Å². The molecule has 0 saturated carbocycles. The van der Waals surface area contributed by atoms with Crippen LogP contribution in [0.5, 0.6) is 0 Å². The number of nitrogens with one attached hydrogen (secondary N) is 1. The Kier molecular flexibility index (Phi) is 4.85. The molecule has 0 radical (unpaired) electrons. The van der Waals surface area contributed by atoms with E-state index < -0.39 is 0 Å². The molecule has 1 heterocycles. The molecule has 0 bridgehead atoms. The van der Waals surface area contributed by atoms with Crippen molar-refractivity contribution in [2.45, 2.75) is 18.9 Å². The second-order valence-corrected chi connectivity index (χ2v) is 5.07. The van der Waals surface area contributed by atoms with Crippen LogP contribution in [-0.4, -0.2) is 63.7 Å². The van der Waals surface area contributed by atoms with Gasteiger partial charge in [-0.3, -0.25) is 0 Å². The Morgan fingerprint density at radius 3 is 2.07 bits per heavy atom. The van der Waals surface area contributed by atoms with Crippen LogP contribution in [0.4, 0.5) is 0 Å². The minimum Gasteiger partial charge on any atom is -0.312 e. The van der Waals surface area contributed by atoms with E-state index in [9.17, 15) is 0 Å². The van der Waals surface area contributed by atoms with E-state index in [2.05, 4.69) is 43.3 Å². The molecule has 2 unspecified atom stereocenters. The average Bonchev–Trinajstić information content (AvgIpc) is 2.06. The van der Waals surface area contributed by atoms with Crippen LogP contribution >= 0.6 is 0 Å². The third kappa shape index (κ3) is 4.40. The van der Waals surface area contributed by atoms with E-state index in [1.54, 1.807) is 0 Å². The molecule has 1 rings (SSSR count). The number of likely N-dealkylation sites (N-methyl/N-ethyl adjacent to an activating group) is 1. The van der Waals surface area contributed by atoms with Gasteiger partial charge in [0.25, 0.3) is 0 Å². The molecular formula is C11H25N3. The molecule has 1 N–H and O–H groups in total. The predicted molar refractivity (Wildman–Crippen MR) is 61.6 cm³/mol. The minimum atomic E-state index is 0.711. The molecule has 1 saturated heterocycles. The van der Waals surface area contributed by atoms with Crippen molar-refractivity contribution >= 4 is 0 Å². The van der Waals surface area contributed by atoms with Crippen molar-refractivity contribution < 1.29 is 0 Å². The van der Waals surface area contributed by atoms with Crippen LogP contribution in [0.1, 0.15) is 12.8 Å². The van der Waals surface area contributed by atoms with E-state index in [0.29, 0.717) is 6.04 Å². The highest BCUT2D eigenvalue weighted by atomic mass is 15.1. The summed E-state index contributed by atoms with van der Waals surface area (Å²) in [6, 6.07) is 0.711. The lowest BCUT2D eigenvalue weighted by Crippen LogP contribution is -2.46. The van der Waals surface area contributed by atoms with E-state index in [0.717, 1.165) is 5.92 Å². The average molecular weight is 199 g/mol. The van der Waals surface area contributed by atoms with Gasteiger partial charge < -0.3 is 15.1 Å². The normalized spacial score (nSPS) is 28.7. The summed E-state index contributed by atoms with van der Waals surface area (Å²) >= 11 is 0. The van der Waals surface area contributed by atoms with E-state index >= 15 is 0 Å². The first-order valence-corrected chi connectivity index (χ1v) is 5.60. The topological polar surface area (TPSA) is 18.5 Å². The van der Waals surface area contributed by atoms with Gasteiger partial charge in [-0.05, 0) is 53.5 Å². The third-order valence-corrected chi connectivity index (χ3v) is 2.83. The summed E-state index contributed by atoms with van der Waals surface area (Å²) in [5, 5.41) is 3.64. The monoisotopic (exact) mass is 199 g/mol. The Hall–Kier alpha value is -0.120. The van der Waals surface area contributed by atoms with Gasteiger partial charge in [-0.15, -0.1) is 0 Å². The highest BCUT2D eigenvalue weighted by molar-refractivity contribution is 4.80. The first kappa shape index (κ1) is 12.0. The van der Waals surface area contributed by atoms with Crippen molar-refractivity contribution in [3.05, 3.63) is 0 Å². The predicted octanol–water partition coefficient (Wildman–Crippen LogP) is 0.478. The fraction of sp³-hybridized carbons (Fsp3) is 1.00. The maximum atomic E-state index is 3.64. The highest BCUT2D eigenvalue weighted by Gasteiger charge is 2.20. The quantitative estimate of drug-likeness (QED) is 0.710. The molecule has 84 valence electrons. The van der Waals surface area contributed by atoms with Crippen molar-refractivity contribution in [2.75, 3.05) is 47.8 Å². The molecule has 0 aromatic heterocycles. The van der Waals surface area contributed by atoms with Gasteiger partial charge in [-0.2, -0.15) is 0 Å². The minimum absolute atomic E-state index is 0.711. The molecule has 1 aliphatic heterocycles. The van der Waals surface area contributed by atoms with Gasteiger partial charge in [0.2, 0.25) is 0 Å². The Labute approximate surface area is 88.5 Å². The van der Waals surface area contributed by atoms with Crippen LogP contribution in [-0.2, 0) is 0 Å². The lowest BCUT2D eigenvalue weighted by Gasteiger charge is -2.32.